The molecule has 28 heavy (non-hydrogen) atoms. The van der Waals surface area contributed by atoms with E-state index in [1.54, 1.807) is 0 Å². The van der Waals surface area contributed by atoms with Gasteiger partial charge in [0.15, 0.2) is 0 Å². The minimum Gasteiger partial charge on any atom is -0.0843 e. The Balaban J connectivity index is 1.22. The first-order valence-corrected chi connectivity index (χ1v) is 11.9. The van der Waals surface area contributed by atoms with Crippen LogP contribution in [-0.4, -0.2) is 0 Å². The zero-order chi connectivity index (χ0) is 19.3. The van der Waals surface area contributed by atoms with Crippen LogP contribution in [0.5, 0.6) is 0 Å². The Morgan fingerprint density at radius 3 is 1.93 bits per heavy atom. The molecule has 2 aromatic rings. The van der Waals surface area contributed by atoms with Gasteiger partial charge in [0.25, 0.3) is 0 Å². The van der Waals surface area contributed by atoms with Gasteiger partial charge in [-0.25, -0.2) is 0 Å². The number of rotatable bonds is 5. The highest BCUT2D eigenvalue weighted by Gasteiger charge is 2.31. The van der Waals surface area contributed by atoms with E-state index in [9.17, 15) is 0 Å². The van der Waals surface area contributed by atoms with Gasteiger partial charge in [-0.05, 0) is 97.8 Å². The number of halogens is 1. The molecule has 0 saturated heterocycles. The van der Waals surface area contributed by atoms with Crippen molar-refractivity contribution in [2.45, 2.75) is 76.5 Å². The van der Waals surface area contributed by atoms with Crippen molar-refractivity contribution in [1.82, 2.24) is 0 Å². The first-order valence-electron chi connectivity index (χ1n) is 11.5. The molecule has 1 atom stereocenters. The van der Waals surface area contributed by atoms with E-state index in [0.717, 1.165) is 28.7 Å². The van der Waals surface area contributed by atoms with Gasteiger partial charge in [0.1, 0.15) is 0 Å². The molecular formula is C27H35Cl. The second kappa shape index (κ2) is 9.49. The standard InChI is InChI=1S/C27H35Cl/c1-20(22-5-3-2-4-6-22)19-21-7-9-23(10-8-21)24-11-13-25(14-12-24)26-15-17-27(28)18-16-26/h2-6,15-18,20-21,23-25H,7-14,19H2,1H3/t20-,21?,23?,24?,25?/m1/s1. The normalized spacial score (nSPS) is 29.4. The van der Waals surface area contributed by atoms with E-state index in [0.29, 0.717) is 5.92 Å². The van der Waals surface area contributed by atoms with E-state index in [-0.39, 0.29) is 0 Å². The molecule has 0 radical (unpaired) electrons. The predicted octanol–water partition coefficient (Wildman–Crippen LogP) is 8.61. The third-order valence-electron chi connectivity index (χ3n) is 7.73. The highest BCUT2D eigenvalue weighted by molar-refractivity contribution is 6.30. The lowest BCUT2D eigenvalue weighted by Crippen LogP contribution is -2.25. The van der Waals surface area contributed by atoms with Crippen LogP contribution in [0, 0.1) is 17.8 Å². The molecule has 0 amide bonds. The van der Waals surface area contributed by atoms with Crippen molar-refractivity contribution >= 4 is 11.6 Å². The molecule has 0 N–H and O–H groups in total. The second-order valence-electron chi connectivity index (χ2n) is 9.49. The lowest BCUT2D eigenvalue weighted by molar-refractivity contribution is 0.154. The van der Waals surface area contributed by atoms with Gasteiger partial charge in [-0.2, -0.15) is 0 Å². The summed E-state index contributed by atoms with van der Waals surface area (Å²) in [5.74, 6) is 4.39. The molecule has 2 aliphatic rings. The molecule has 0 spiro atoms. The fourth-order valence-electron chi connectivity index (χ4n) is 5.97. The van der Waals surface area contributed by atoms with Crippen molar-refractivity contribution in [3.05, 3.63) is 70.7 Å². The maximum Gasteiger partial charge on any atom is 0.0406 e. The lowest BCUT2D eigenvalue weighted by atomic mass is 9.67. The molecule has 0 unspecified atom stereocenters. The van der Waals surface area contributed by atoms with Crippen molar-refractivity contribution in [3.63, 3.8) is 0 Å². The smallest absolute Gasteiger partial charge is 0.0406 e. The van der Waals surface area contributed by atoms with Crippen LogP contribution >= 0.6 is 11.6 Å². The summed E-state index contributed by atoms with van der Waals surface area (Å²) in [6.45, 7) is 2.42. The summed E-state index contributed by atoms with van der Waals surface area (Å²) >= 11 is 6.05. The monoisotopic (exact) mass is 394 g/mol. The maximum absolute atomic E-state index is 6.05. The van der Waals surface area contributed by atoms with Crippen LogP contribution in [0.25, 0.3) is 0 Å². The van der Waals surface area contributed by atoms with Crippen molar-refractivity contribution in [1.29, 1.82) is 0 Å². The van der Waals surface area contributed by atoms with Gasteiger partial charge in [-0.3, -0.25) is 0 Å². The van der Waals surface area contributed by atoms with Crippen molar-refractivity contribution in [2.24, 2.45) is 17.8 Å². The van der Waals surface area contributed by atoms with E-state index in [1.807, 2.05) is 0 Å². The van der Waals surface area contributed by atoms with Gasteiger partial charge in [0.05, 0.1) is 0 Å². The van der Waals surface area contributed by atoms with Crippen LogP contribution in [0.4, 0.5) is 0 Å². The zero-order valence-corrected chi connectivity index (χ0v) is 18.1. The van der Waals surface area contributed by atoms with Crippen molar-refractivity contribution < 1.29 is 0 Å². The highest BCUT2D eigenvalue weighted by atomic mass is 35.5. The van der Waals surface area contributed by atoms with Crippen molar-refractivity contribution in [2.75, 3.05) is 0 Å². The predicted molar refractivity (Wildman–Crippen MR) is 121 cm³/mol. The molecule has 2 aromatic carbocycles. The molecule has 0 aromatic heterocycles. The van der Waals surface area contributed by atoms with Crippen LogP contribution in [0.15, 0.2) is 54.6 Å². The van der Waals surface area contributed by atoms with Crippen LogP contribution in [-0.2, 0) is 0 Å². The van der Waals surface area contributed by atoms with Gasteiger partial charge in [0, 0.05) is 5.02 Å². The van der Waals surface area contributed by atoms with E-state index in [2.05, 4.69) is 61.5 Å². The van der Waals surface area contributed by atoms with Crippen LogP contribution < -0.4 is 0 Å². The molecule has 150 valence electrons. The Hall–Kier alpha value is -1.27. The fraction of sp³-hybridized carbons (Fsp3) is 0.556. The van der Waals surface area contributed by atoms with Crippen LogP contribution in [0.1, 0.15) is 87.7 Å². The first-order chi connectivity index (χ1) is 13.7. The molecule has 2 fully saturated rings. The minimum atomic E-state index is 0.706. The lowest BCUT2D eigenvalue weighted by Gasteiger charge is -2.38. The molecule has 1 heteroatoms. The Bertz CT molecular complexity index is 704. The second-order valence-corrected chi connectivity index (χ2v) is 9.93. The molecule has 4 rings (SSSR count). The third-order valence-corrected chi connectivity index (χ3v) is 7.98. The average molecular weight is 395 g/mol. The Labute approximate surface area is 176 Å². The molecule has 0 nitrogen and oxygen atoms in total. The Kier molecular flexibility index (Phi) is 6.78. The summed E-state index contributed by atoms with van der Waals surface area (Å²) in [5.41, 5.74) is 3.02. The van der Waals surface area contributed by atoms with E-state index >= 15 is 0 Å². The third kappa shape index (κ3) is 5.01. The number of hydrogen-bond donors (Lipinski definition) is 0. The summed E-state index contributed by atoms with van der Waals surface area (Å²) in [6, 6.07) is 19.7. The molecule has 0 aliphatic heterocycles. The van der Waals surface area contributed by atoms with E-state index in [4.69, 9.17) is 11.6 Å². The quantitative estimate of drug-likeness (QED) is 0.476. The summed E-state index contributed by atoms with van der Waals surface area (Å²) in [6.07, 6.45) is 12.9. The zero-order valence-electron chi connectivity index (χ0n) is 17.3. The summed E-state index contributed by atoms with van der Waals surface area (Å²) in [4.78, 5) is 0. The van der Waals surface area contributed by atoms with Gasteiger partial charge in [0.2, 0.25) is 0 Å². The SMILES string of the molecule is C[C@H](CC1CCC(C2CCC(c3ccc(Cl)cc3)CC2)CC1)c1ccccc1. The number of hydrogen-bond acceptors (Lipinski definition) is 0. The highest BCUT2D eigenvalue weighted by Crippen LogP contribution is 2.45. The summed E-state index contributed by atoms with van der Waals surface area (Å²) < 4.78 is 0. The topological polar surface area (TPSA) is 0 Å². The van der Waals surface area contributed by atoms with Gasteiger partial charge >= 0.3 is 0 Å². The van der Waals surface area contributed by atoms with Gasteiger partial charge < -0.3 is 0 Å². The molecule has 2 saturated carbocycles. The summed E-state index contributed by atoms with van der Waals surface area (Å²) in [7, 11) is 0. The molecule has 2 aliphatic carbocycles. The van der Waals surface area contributed by atoms with Gasteiger partial charge in [-0.15, -0.1) is 0 Å². The average Bonchev–Trinajstić information content (AvgIpc) is 2.76. The largest absolute Gasteiger partial charge is 0.0843 e. The molecule has 0 bridgehead atoms. The molecular weight excluding hydrogens is 360 g/mol. The van der Waals surface area contributed by atoms with Crippen LogP contribution in [0.3, 0.4) is 0 Å². The minimum absolute atomic E-state index is 0.706. The molecule has 0 heterocycles. The fourth-order valence-corrected chi connectivity index (χ4v) is 6.10. The Morgan fingerprint density at radius 1 is 0.750 bits per heavy atom. The van der Waals surface area contributed by atoms with Crippen LogP contribution in [0.2, 0.25) is 5.02 Å². The van der Waals surface area contributed by atoms with Crippen molar-refractivity contribution in [3.8, 4) is 0 Å². The Morgan fingerprint density at radius 2 is 1.32 bits per heavy atom. The summed E-state index contributed by atoms with van der Waals surface area (Å²) in [5, 5.41) is 0.857. The van der Waals surface area contributed by atoms with Gasteiger partial charge in [-0.1, -0.05) is 73.8 Å². The maximum atomic E-state index is 6.05. The van der Waals surface area contributed by atoms with E-state index in [1.165, 1.54) is 68.9 Å². The first kappa shape index (κ1) is 20.0. The van der Waals surface area contributed by atoms with E-state index < -0.39 is 0 Å². The number of benzene rings is 2.